The quantitative estimate of drug-likeness (QED) is 0.882. The first-order valence-corrected chi connectivity index (χ1v) is 7.85. The number of carbonyl (C=O) groups is 1. The summed E-state index contributed by atoms with van der Waals surface area (Å²) in [4.78, 5) is 11.9. The van der Waals surface area contributed by atoms with Crippen molar-refractivity contribution >= 4 is 11.6 Å². The minimum atomic E-state index is -0.248. The second kappa shape index (κ2) is 7.09. The van der Waals surface area contributed by atoms with Crippen LogP contribution in [0.3, 0.4) is 0 Å². The molecule has 3 rings (SSSR count). The Bertz CT molecular complexity index is 738. The van der Waals surface area contributed by atoms with Crippen LogP contribution in [-0.2, 0) is 11.2 Å². The molecule has 1 N–H and O–H groups in total. The fourth-order valence-electron chi connectivity index (χ4n) is 2.73. The Labute approximate surface area is 136 Å². The van der Waals surface area contributed by atoms with Gasteiger partial charge in [-0.25, -0.2) is 5.43 Å². The number of hydrogen-bond donors (Lipinski definition) is 1. The second-order valence-corrected chi connectivity index (χ2v) is 5.71. The van der Waals surface area contributed by atoms with Crippen LogP contribution in [0.4, 0.5) is 0 Å². The fourth-order valence-corrected chi connectivity index (χ4v) is 2.73. The molecule has 0 heterocycles. The van der Waals surface area contributed by atoms with Crippen molar-refractivity contribution in [2.45, 2.75) is 26.2 Å². The normalized spacial score (nSPS) is 15.1. The van der Waals surface area contributed by atoms with Crippen LogP contribution < -0.4 is 10.2 Å². The fraction of sp³-hybridized carbons (Fsp3) is 0.263. The Morgan fingerprint density at radius 3 is 2.91 bits per heavy atom. The van der Waals surface area contributed by atoms with Crippen LogP contribution in [0.5, 0.6) is 5.75 Å². The molecule has 2 aromatic rings. The van der Waals surface area contributed by atoms with Crippen molar-refractivity contribution < 1.29 is 9.53 Å². The average molecular weight is 308 g/mol. The summed E-state index contributed by atoms with van der Waals surface area (Å²) in [5, 5.41) is 4.29. The predicted octanol–water partition coefficient (Wildman–Crippen LogP) is 3.23. The van der Waals surface area contributed by atoms with E-state index in [1.54, 1.807) is 0 Å². The molecular weight excluding hydrogens is 288 g/mol. The molecule has 0 saturated heterocycles. The zero-order valence-electron chi connectivity index (χ0n) is 13.2. The van der Waals surface area contributed by atoms with Gasteiger partial charge in [0.25, 0.3) is 5.91 Å². The third-order valence-electron chi connectivity index (χ3n) is 3.86. The summed E-state index contributed by atoms with van der Waals surface area (Å²) in [7, 11) is 0. The van der Waals surface area contributed by atoms with Gasteiger partial charge in [-0.05, 0) is 49.4 Å². The lowest BCUT2D eigenvalue weighted by Crippen LogP contribution is -2.27. The van der Waals surface area contributed by atoms with E-state index in [0.717, 1.165) is 36.1 Å². The number of ether oxygens (including phenoxy) is 1. The van der Waals surface area contributed by atoms with E-state index in [2.05, 4.69) is 22.7 Å². The molecule has 0 radical (unpaired) electrons. The van der Waals surface area contributed by atoms with Crippen molar-refractivity contribution in [3.8, 4) is 5.75 Å². The highest BCUT2D eigenvalue weighted by atomic mass is 16.5. The molecule has 0 fully saturated rings. The average Bonchev–Trinajstić information content (AvgIpc) is 2.58. The first-order chi connectivity index (χ1) is 11.2. The van der Waals surface area contributed by atoms with Crippen molar-refractivity contribution in [3.63, 3.8) is 0 Å². The standard InChI is InChI=1S/C19H20N2O2/c1-14-6-4-9-16(12-14)23-13-19(22)21-20-18-11-5-8-15-7-2-3-10-17(15)18/h2-4,6-7,9-10,12H,5,8,11,13H2,1H3,(H,21,22)/b20-18-. The zero-order chi connectivity index (χ0) is 16.1. The third-order valence-corrected chi connectivity index (χ3v) is 3.86. The Morgan fingerprint density at radius 2 is 2.04 bits per heavy atom. The Hall–Kier alpha value is -2.62. The van der Waals surface area contributed by atoms with Crippen molar-refractivity contribution in [1.29, 1.82) is 0 Å². The summed E-state index contributed by atoms with van der Waals surface area (Å²) in [6.45, 7) is 1.95. The molecule has 0 unspecified atom stereocenters. The molecule has 0 aromatic heterocycles. The lowest BCUT2D eigenvalue weighted by molar-refractivity contribution is -0.123. The predicted molar refractivity (Wildman–Crippen MR) is 90.7 cm³/mol. The van der Waals surface area contributed by atoms with E-state index in [9.17, 15) is 4.79 Å². The summed E-state index contributed by atoms with van der Waals surface area (Å²) in [5.41, 5.74) is 7.07. The Kier molecular flexibility index (Phi) is 4.71. The number of nitrogens with zero attached hydrogens (tertiary/aromatic N) is 1. The minimum Gasteiger partial charge on any atom is -0.484 e. The topological polar surface area (TPSA) is 50.7 Å². The Morgan fingerprint density at radius 1 is 1.17 bits per heavy atom. The van der Waals surface area contributed by atoms with E-state index >= 15 is 0 Å². The van der Waals surface area contributed by atoms with Crippen molar-refractivity contribution in [3.05, 3.63) is 65.2 Å². The van der Waals surface area contributed by atoms with Crippen molar-refractivity contribution in [2.24, 2.45) is 5.10 Å². The van der Waals surface area contributed by atoms with Gasteiger partial charge >= 0.3 is 0 Å². The van der Waals surface area contributed by atoms with E-state index in [1.807, 2.05) is 43.3 Å². The molecule has 0 atom stereocenters. The van der Waals surface area contributed by atoms with Gasteiger partial charge < -0.3 is 4.74 Å². The number of carbonyl (C=O) groups excluding carboxylic acids is 1. The number of hydrazone groups is 1. The molecule has 2 aromatic carbocycles. The van der Waals surface area contributed by atoms with Gasteiger partial charge in [0.05, 0.1) is 5.71 Å². The molecule has 1 amide bonds. The van der Waals surface area contributed by atoms with E-state index < -0.39 is 0 Å². The highest BCUT2D eigenvalue weighted by Gasteiger charge is 2.15. The smallest absolute Gasteiger partial charge is 0.277 e. The number of nitrogens with one attached hydrogen (secondary N) is 1. The molecule has 0 bridgehead atoms. The first kappa shape index (κ1) is 15.3. The monoisotopic (exact) mass is 308 g/mol. The van der Waals surface area contributed by atoms with Gasteiger partial charge in [-0.3, -0.25) is 4.79 Å². The number of benzene rings is 2. The van der Waals surface area contributed by atoms with Crippen LogP contribution in [0.2, 0.25) is 0 Å². The maximum Gasteiger partial charge on any atom is 0.277 e. The number of rotatable bonds is 4. The maximum atomic E-state index is 11.9. The SMILES string of the molecule is Cc1cccc(OCC(=O)N/N=C2/CCCc3ccccc32)c1. The van der Waals surface area contributed by atoms with Crippen LogP contribution >= 0.6 is 0 Å². The zero-order valence-corrected chi connectivity index (χ0v) is 13.2. The summed E-state index contributed by atoms with van der Waals surface area (Å²) in [6.07, 6.45) is 3.02. The molecular formula is C19H20N2O2. The number of fused-ring (bicyclic) bond motifs is 1. The summed E-state index contributed by atoms with van der Waals surface area (Å²) in [5.74, 6) is 0.442. The van der Waals surface area contributed by atoms with Crippen LogP contribution in [0, 0.1) is 6.92 Å². The summed E-state index contributed by atoms with van der Waals surface area (Å²) in [6, 6.07) is 15.8. The first-order valence-electron chi connectivity index (χ1n) is 7.85. The van der Waals surface area contributed by atoms with Crippen LogP contribution in [-0.4, -0.2) is 18.2 Å². The molecule has 0 spiro atoms. The lowest BCUT2D eigenvalue weighted by Gasteiger charge is -2.17. The minimum absolute atomic E-state index is 0.0398. The van der Waals surface area contributed by atoms with Gasteiger partial charge in [0.1, 0.15) is 5.75 Å². The molecule has 4 heteroatoms. The third kappa shape index (κ3) is 3.97. The van der Waals surface area contributed by atoms with E-state index in [-0.39, 0.29) is 12.5 Å². The molecule has 4 nitrogen and oxygen atoms in total. The maximum absolute atomic E-state index is 11.9. The van der Waals surface area contributed by atoms with Gasteiger partial charge in [-0.2, -0.15) is 5.10 Å². The highest BCUT2D eigenvalue weighted by molar-refractivity contribution is 6.03. The van der Waals surface area contributed by atoms with Crippen LogP contribution in [0.1, 0.15) is 29.5 Å². The van der Waals surface area contributed by atoms with Crippen molar-refractivity contribution in [1.82, 2.24) is 5.43 Å². The van der Waals surface area contributed by atoms with Gasteiger partial charge in [0.2, 0.25) is 0 Å². The van der Waals surface area contributed by atoms with Gasteiger partial charge in [-0.1, -0.05) is 36.4 Å². The van der Waals surface area contributed by atoms with Gasteiger partial charge in [-0.15, -0.1) is 0 Å². The number of aryl methyl sites for hydroxylation is 2. The largest absolute Gasteiger partial charge is 0.484 e. The van der Waals surface area contributed by atoms with Crippen LogP contribution in [0.25, 0.3) is 0 Å². The van der Waals surface area contributed by atoms with Crippen molar-refractivity contribution in [2.75, 3.05) is 6.61 Å². The molecule has 0 saturated carbocycles. The Balaban J connectivity index is 1.59. The van der Waals surface area contributed by atoms with E-state index in [0.29, 0.717) is 5.75 Å². The van der Waals surface area contributed by atoms with Gasteiger partial charge in [0, 0.05) is 5.56 Å². The molecule has 118 valence electrons. The van der Waals surface area contributed by atoms with E-state index in [1.165, 1.54) is 5.56 Å². The number of hydrogen-bond acceptors (Lipinski definition) is 3. The summed E-state index contributed by atoms with van der Waals surface area (Å²) >= 11 is 0. The van der Waals surface area contributed by atoms with Crippen LogP contribution in [0.15, 0.2) is 53.6 Å². The molecule has 0 aliphatic heterocycles. The molecule has 1 aliphatic carbocycles. The molecule has 23 heavy (non-hydrogen) atoms. The highest BCUT2D eigenvalue weighted by Crippen LogP contribution is 2.21. The lowest BCUT2D eigenvalue weighted by atomic mass is 9.90. The van der Waals surface area contributed by atoms with Gasteiger partial charge in [0.15, 0.2) is 6.61 Å². The number of amides is 1. The van der Waals surface area contributed by atoms with E-state index in [4.69, 9.17) is 4.74 Å². The summed E-state index contributed by atoms with van der Waals surface area (Å²) < 4.78 is 5.48. The second-order valence-electron chi connectivity index (χ2n) is 5.71. The molecule has 1 aliphatic rings.